The largest absolute Gasteiger partial charge is 0.206 e. The van der Waals surface area contributed by atoms with Crippen molar-refractivity contribution < 1.29 is 17.6 Å². The zero-order valence-electron chi connectivity index (χ0n) is 20.9. The first-order valence-electron chi connectivity index (χ1n) is 12.8. The second-order valence-corrected chi connectivity index (χ2v) is 9.50. The normalized spacial score (nSPS) is 11.1. The third-order valence-corrected chi connectivity index (χ3v) is 6.83. The molecule has 37 heavy (non-hydrogen) atoms. The quantitative estimate of drug-likeness (QED) is 0.156. The number of rotatable bonds is 10. The summed E-state index contributed by atoms with van der Waals surface area (Å²) in [5.41, 5.74) is 2.00. The summed E-state index contributed by atoms with van der Waals surface area (Å²) in [6, 6.07) is 17.0. The van der Waals surface area contributed by atoms with Gasteiger partial charge in [0.25, 0.3) is 0 Å². The van der Waals surface area contributed by atoms with Crippen LogP contribution < -0.4 is 0 Å². The fourth-order valence-corrected chi connectivity index (χ4v) is 4.75. The minimum atomic E-state index is -0.616. The van der Waals surface area contributed by atoms with E-state index in [1.807, 2.05) is 0 Å². The Hall–Kier alpha value is -3.65. The predicted octanol–water partition coefficient (Wildman–Crippen LogP) is 9.23. The first-order chi connectivity index (χ1) is 17.9. The minimum absolute atomic E-state index is 0.0265. The van der Waals surface area contributed by atoms with Gasteiger partial charge in [0, 0.05) is 5.39 Å². The van der Waals surface area contributed by atoms with E-state index in [-0.39, 0.29) is 11.1 Å². The van der Waals surface area contributed by atoms with Gasteiger partial charge < -0.3 is 0 Å². The summed E-state index contributed by atoms with van der Waals surface area (Å²) in [4.78, 5) is 0. The van der Waals surface area contributed by atoms with Crippen molar-refractivity contribution in [3.05, 3.63) is 106 Å². The highest BCUT2D eigenvalue weighted by Crippen LogP contribution is 2.32. The van der Waals surface area contributed by atoms with Crippen molar-refractivity contribution >= 4 is 10.8 Å². The van der Waals surface area contributed by atoms with Crippen LogP contribution >= 0.6 is 0 Å². The van der Waals surface area contributed by atoms with Gasteiger partial charge in [-0.15, -0.1) is 0 Å². The number of halogens is 4. The van der Waals surface area contributed by atoms with Gasteiger partial charge in [0.2, 0.25) is 0 Å². The van der Waals surface area contributed by atoms with Crippen LogP contribution in [0.1, 0.15) is 61.3 Å². The lowest BCUT2D eigenvalue weighted by atomic mass is 9.95. The molecule has 0 aromatic heterocycles. The second kappa shape index (κ2) is 12.1. The topological polar surface area (TPSA) is 23.8 Å². The van der Waals surface area contributed by atoms with Crippen molar-refractivity contribution in [1.29, 1.82) is 5.26 Å². The Morgan fingerprint density at radius 2 is 1.41 bits per heavy atom. The maximum Gasteiger partial charge on any atom is 0.141 e. The zero-order chi connectivity index (χ0) is 26.4. The van der Waals surface area contributed by atoms with Gasteiger partial charge in [-0.1, -0.05) is 62.9 Å². The van der Waals surface area contributed by atoms with E-state index in [0.717, 1.165) is 25.7 Å². The lowest BCUT2D eigenvalue weighted by molar-refractivity contribution is 0.581. The maximum absolute atomic E-state index is 15.2. The van der Waals surface area contributed by atoms with Gasteiger partial charge in [0.1, 0.15) is 29.3 Å². The smallest absolute Gasteiger partial charge is 0.141 e. The van der Waals surface area contributed by atoms with Gasteiger partial charge >= 0.3 is 0 Å². The number of hydrogen-bond donors (Lipinski definition) is 0. The Kier molecular flexibility index (Phi) is 8.61. The highest BCUT2D eigenvalue weighted by atomic mass is 19.1. The predicted molar refractivity (Wildman–Crippen MR) is 140 cm³/mol. The molecule has 0 heterocycles. The van der Waals surface area contributed by atoms with Gasteiger partial charge in [-0.05, 0) is 83.7 Å². The number of unbranched alkanes of at least 4 members (excludes halogenated alkanes) is 4. The van der Waals surface area contributed by atoms with Crippen LogP contribution in [0.5, 0.6) is 0 Å². The molecule has 0 unspecified atom stereocenters. The Morgan fingerprint density at radius 3 is 2.11 bits per heavy atom. The molecule has 190 valence electrons. The maximum atomic E-state index is 15.2. The van der Waals surface area contributed by atoms with Crippen molar-refractivity contribution in [2.75, 3.05) is 0 Å². The first kappa shape index (κ1) is 26.4. The summed E-state index contributed by atoms with van der Waals surface area (Å²) < 4.78 is 59.0. The molecule has 1 nitrogen and oxygen atoms in total. The molecule has 0 saturated heterocycles. The number of hydrogen-bond acceptors (Lipinski definition) is 1. The minimum Gasteiger partial charge on any atom is -0.206 e. The monoisotopic (exact) mass is 503 g/mol. The number of benzene rings is 4. The molecule has 0 aliphatic rings. The Morgan fingerprint density at radius 1 is 0.676 bits per heavy atom. The Balaban J connectivity index is 1.52. The first-order valence-corrected chi connectivity index (χ1v) is 12.8. The van der Waals surface area contributed by atoms with Crippen molar-refractivity contribution in [2.24, 2.45) is 0 Å². The van der Waals surface area contributed by atoms with E-state index < -0.39 is 23.3 Å². The molecule has 0 spiro atoms. The van der Waals surface area contributed by atoms with E-state index in [2.05, 4.69) is 6.92 Å². The summed E-state index contributed by atoms with van der Waals surface area (Å²) in [7, 11) is 0. The molecule has 0 fully saturated rings. The molecule has 0 aliphatic carbocycles. The van der Waals surface area contributed by atoms with Crippen molar-refractivity contribution in [3.63, 3.8) is 0 Å². The van der Waals surface area contributed by atoms with Gasteiger partial charge in [-0.25, -0.2) is 17.6 Å². The molecule has 0 saturated carbocycles. The van der Waals surface area contributed by atoms with E-state index in [0.29, 0.717) is 52.3 Å². The zero-order valence-corrected chi connectivity index (χ0v) is 20.9. The SMILES string of the molecule is CCCCCCCc1cc(F)c(-c2ccc3c(F)c(CCc4ccc(C#N)c(F)c4)ccc3c2)c(F)c1. The van der Waals surface area contributed by atoms with E-state index in [4.69, 9.17) is 5.26 Å². The molecular formula is C32H29F4N. The van der Waals surface area contributed by atoms with Crippen LogP contribution in [-0.2, 0) is 19.3 Å². The average molecular weight is 504 g/mol. The number of nitriles is 1. The molecule has 0 amide bonds. The summed E-state index contributed by atoms with van der Waals surface area (Å²) in [5.74, 6) is -2.23. The van der Waals surface area contributed by atoms with Crippen LogP contribution in [0.15, 0.2) is 60.7 Å². The highest BCUT2D eigenvalue weighted by molar-refractivity contribution is 5.88. The number of fused-ring (bicyclic) bond motifs is 1. The van der Waals surface area contributed by atoms with Gasteiger partial charge in [-0.2, -0.15) is 5.26 Å². The fraction of sp³-hybridized carbons (Fsp3) is 0.281. The van der Waals surface area contributed by atoms with Crippen LogP contribution in [-0.4, -0.2) is 0 Å². The van der Waals surface area contributed by atoms with Crippen LogP contribution in [0.25, 0.3) is 21.9 Å². The van der Waals surface area contributed by atoms with Crippen molar-refractivity contribution in [1.82, 2.24) is 0 Å². The Labute approximate surface area is 215 Å². The van der Waals surface area contributed by atoms with Crippen LogP contribution in [0.2, 0.25) is 0 Å². The number of aryl methyl sites for hydroxylation is 3. The fourth-order valence-electron chi connectivity index (χ4n) is 4.75. The molecule has 0 radical (unpaired) electrons. The molecule has 4 aromatic carbocycles. The van der Waals surface area contributed by atoms with E-state index in [9.17, 15) is 13.2 Å². The standard InChI is InChI=1S/C32H29F4N/c1-2-3-4-5-6-7-22-17-29(34)31(30(35)18-22)25-14-15-27-24(19-25)13-12-23(32(27)36)10-8-21-9-11-26(20-37)28(33)16-21/h9,11-19H,2-8,10H2,1H3. The summed E-state index contributed by atoms with van der Waals surface area (Å²) in [5, 5.41) is 9.76. The van der Waals surface area contributed by atoms with Crippen molar-refractivity contribution in [2.45, 2.75) is 58.3 Å². The second-order valence-electron chi connectivity index (χ2n) is 9.50. The van der Waals surface area contributed by atoms with Crippen LogP contribution in [0, 0.1) is 34.6 Å². The van der Waals surface area contributed by atoms with E-state index in [1.165, 1.54) is 36.8 Å². The summed E-state index contributed by atoms with van der Waals surface area (Å²) in [6.45, 7) is 2.15. The van der Waals surface area contributed by atoms with E-state index in [1.54, 1.807) is 36.4 Å². The van der Waals surface area contributed by atoms with Gasteiger partial charge in [0.05, 0.1) is 11.1 Å². The summed E-state index contributed by atoms with van der Waals surface area (Å²) >= 11 is 0. The molecule has 0 atom stereocenters. The average Bonchev–Trinajstić information content (AvgIpc) is 2.88. The highest BCUT2D eigenvalue weighted by Gasteiger charge is 2.16. The van der Waals surface area contributed by atoms with Crippen LogP contribution in [0.4, 0.5) is 17.6 Å². The molecule has 4 aromatic rings. The van der Waals surface area contributed by atoms with Crippen molar-refractivity contribution in [3.8, 4) is 17.2 Å². The van der Waals surface area contributed by atoms with Crippen LogP contribution in [0.3, 0.4) is 0 Å². The Bertz CT molecular complexity index is 1430. The molecule has 0 aliphatic heterocycles. The molecule has 5 heteroatoms. The third kappa shape index (κ3) is 6.20. The van der Waals surface area contributed by atoms with Gasteiger partial charge in [0.15, 0.2) is 0 Å². The summed E-state index contributed by atoms with van der Waals surface area (Å²) in [6.07, 6.45) is 6.78. The van der Waals surface area contributed by atoms with E-state index >= 15 is 4.39 Å². The lowest BCUT2D eigenvalue weighted by Gasteiger charge is -2.11. The lowest BCUT2D eigenvalue weighted by Crippen LogP contribution is -1.98. The molecular weight excluding hydrogens is 474 g/mol. The molecule has 4 rings (SSSR count). The third-order valence-electron chi connectivity index (χ3n) is 6.83. The molecule has 0 bridgehead atoms. The molecule has 0 N–H and O–H groups in total. The van der Waals surface area contributed by atoms with Gasteiger partial charge in [-0.3, -0.25) is 0 Å². The number of nitrogens with zero attached hydrogens (tertiary/aromatic N) is 1.